The van der Waals surface area contributed by atoms with Gasteiger partial charge >= 0.3 is 12.3 Å². The van der Waals surface area contributed by atoms with E-state index in [0.717, 1.165) is 17.7 Å². The molecular formula is C11H17ClF4N2O. The third-order valence-electron chi connectivity index (χ3n) is 3.88. The minimum atomic E-state index is -4.58. The molecule has 1 amide bonds. The molecule has 2 saturated heterocycles. The molecule has 0 spiro atoms. The van der Waals surface area contributed by atoms with Crippen molar-refractivity contribution in [2.45, 2.75) is 56.2 Å². The fourth-order valence-corrected chi connectivity index (χ4v) is 2.84. The Kier molecular flexibility index (Phi) is 5.06. The average Bonchev–Trinajstić information content (AvgIpc) is 2.66. The zero-order valence-corrected chi connectivity index (χ0v) is 11.2. The molecule has 0 aromatic rings. The van der Waals surface area contributed by atoms with Crippen LogP contribution in [-0.4, -0.2) is 48.3 Å². The fourth-order valence-electron chi connectivity index (χ4n) is 2.84. The van der Waals surface area contributed by atoms with Crippen molar-refractivity contribution in [2.24, 2.45) is 0 Å². The second-order valence-corrected chi connectivity index (χ2v) is 5.10. The number of hydrogen-bond acceptors (Lipinski definition) is 2. The molecule has 19 heavy (non-hydrogen) atoms. The monoisotopic (exact) mass is 304 g/mol. The van der Waals surface area contributed by atoms with Gasteiger partial charge in [-0.25, -0.2) is 8.78 Å². The van der Waals surface area contributed by atoms with Crippen LogP contribution in [0, 0.1) is 0 Å². The van der Waals surface area contributed by atoms with Crippen molar-refractivity contribution in [3.63, 3.8) is 0 Å². The maximum atomic E-state index is 13.0. The molecule has 112 valence electrons. The molecule has 2 fully saturated rings. The van der Waals surface area contributed by atoms with Crippen LogP contribution in [0.25, 0.3) is 0 Å². The molecule has 2 aliphatic heterocycles. The first-order chi connectivity index (χ1) is 8.32. The Balaban J connectivity index is 0.00000180. The third-order valence-corrected chi connectivity index (χ3v) is 3.88. The van der Waals surface area contributed by atoms with Crippen LogP contribution in [0.5, 0.6) is 0 Å². The van der Waals surface area contributed by atoms with Gasteiger partial charge in [-0.1, -0.05) is 0 Å². The molecule has 0 aliphatic carbocycles. The van der Waals surface area contributed by atoms with Gasteiger partial charge < -0.3 is 10.2 Å². The SMILES string of the molecule is CN(C(=O)C(F)(F)C(F)F)C1CC2CCC(C1)N2.Cl. The molecular weight excluding hydrogens is 288 g/mol. The van der Waals surface area contributed by atoms with Crippen LogP contribution < -0.4 is 5.32 Å². The van der Waals surface area contributed by atoms with E-state index >= 15 is 0 Å². The predicted molar refractivity (Wildman–Crippen MR) is 63.9 cm³/mol. The molecule has 2 rings (SSSR count). The molecule has 2 heterocycles. The van der Waals surface area contributed by atoms with Gasteiger partial charge in [0.1, 0.15) is 0 Å². The number of nitrogens with one attached hydrogen (secondary N) is 1. The van der Waals surface area contributed by atoms with Crippen molar-refractivity contribution in [1.29, 1.82) is 0 Å². The van der Waals surface area contributed by atoms with E-state index in [1.807, 2.05) is 0 Å². The number of alkyl halides is 4. The van der Waals surface area contributed by atoms with E-state index in [9.17, 15) is 22.4 Å². The number of hydrogen-bond donors (Lipinski definition) is 1. The molecule has 2 bridgehead atoms. The van der Waals surface area contributed by atoms with E-state index in [2.05, 4.69) is 5.32 Å². The Morgan fingerprint density at radius 2 is 1.74 bits per heavy atom. The second-order valence-electron chi connectivity index (χ2n) is 5.10. The quantitative estimate of drug-likeness (QED) is 0.810. The van der Waals surface area contributed by atoms with Crippen LogP contribution in [0.2, 0.25) is 0 Å². The Hall–Kier alpha value is -0.560. The second kappa shape index (κ2) is 5.83. The number of carbonyl (C=O) groups excluding carboxylic acids is 1. The normalized spacial score (nSPS) is 30.1. The molecule has 0 saturated carbocycles. The van der Waals surface area contributed by atoms with Crippen molar-refractivity contribution in [2.75, 3.05) is 7.05 Å². The Labute approximate surface area is 115 Å². The van der Waals surface area contributed by atoms with Crippen LogP contribution in [-0.2, 0) is 4.79 Å². The lowest BCUT2D eigenvalue weighted by Crippen LogP contribution is -2.54. The van der Waals surface area contributed by atoms with Gasteiger partial charge in [0.05, 0.1) is 0 Å². The summed E-state index contributed by atoms with van der Waals surface area (Å²) in [5.41, 5.74) is 0. The van der Waals surface area contributed by atoms with Crippen molar-refractivity contribution in [1.82, 2.24) is 10.2 Å². The van der Waals surface area contributed by atoms with Crippen LogP contribution in [0.1, 0.15) is 25.7 Å². The van der Waals surface area contributed by atoms with Crippen LogP contribution in [0.15, 0.2) is 0 Å². The molecule has 0 radical (unpaired) electrons. The highest BCUT2D eigenvalue weighted by molar-refractivity contribution is 5.85. The molecule has 2 aliphatic rings. The van der Waals surface area contributed by atoms with Crippen molar-refractivity contribution >= 4 is 18.3 Å². The minimum absolute atomic E-state index is 0. The van der Waals surface area contributed by atoms with Gasteiger partial charge in [0.25, 0.3) is 5.91 Å². The van der Waals surface area contributed by atoms with E-state index in [1.54, 1.807) is 0 Å². The minimum Gasteiger partial charge on any atom is -0.337 e. The number of nitrogens with zero attached hydrogens (tertiary/aromatic N) is 1. The van der Waals surface area contributed by atoms with Crippen LogP contribution in [0.4, 0.5) is 17.6 Å². The summed E-state index contributed by atoms with van der Waals surface area (Å²) in [4.78, 5) is 12.2. The van der Waals surface area contributed by atoms with Gasteiger partial charge in [-0.05, 0) is 25.7 Å². The number of piperidine rings is 1. The zero-order valence-electron chi connectivity index (χ0n) is 10.4. The maximum absolute atomic E-state index is 13.0. The van der Waals surface area contributed by atoms with Crippen LogP contribution >= 0.6 is 12.4 Å². The van der Waals surface area contributed by atoms with Gasteiger partial charge in [0.2, 0.25) is 0 Å². The molecule has 3 nitrogen and oxygen atoms in total. The fraction of sp³-hybridized carbons (Fsp3) is 0.909. The summed E-state index contributed by atoms with van der Waals surface area (Å²) >= 11 is 0. The molecule has 0 aromatic heterocycles. The summed E-state index contributed by atoms with van der Waals surface area (Å²) < 4.78 is 50.3. The lowest BCUT2D eigenvalue weighted by molar-refractivity contribution is -0.181. The molecule has 2 unspecified atom stereocenters. The highest BCUT2D eigenvalue weighted by Gasteiger charge is 2.52. The lowest BCUT2D eigenvalue weighted by Gasteiger charge is -2.36. The molecule has 1 N–H and O–H groups in total. The number of rotatable bonds is 3. The number of amides is 1. The third kappa shape index (κ3) is 3.13. The van der Waals surface area contributed by atoms with Gasteiger partial charge in [-0.3, -0.25) is 4.79 Å². The Morgan fingerprint density at radius 3 is 2.16 bits per heavy atom. The van der Waals surface area contributed by atoms with E-state index in [-0.39, 0.29) is 30.5 Å². The summed E-state index contributed by atoms with van der Waals surface area (Å²) in [5.74, 6) is -6.36. The van der Waals surface area contributed by atoms with Crippen molar-refractivity contribution < 1.29 is 22.4 Å². The van der Waals surface area contributed by atoms with Gasteiger partial charge in [-0.2, -0.15) is 8.78 Å². The summed E-state index contributed by atoms with van der Waals surface area (Å²) in [6, 6.07) is 0.0502. The van der Waals surface area contributed by atoms with E-state index < -0.39 is 18.3 Å². The topological polar surface area (TPSA) is 32.3 Å². The molecule has 2 atom stereocenters. The van der Waals surface area contributed by atoms with Gasteiger partial charge in [0.15, 0.2) is 0 Å². The maximum Gasteiger partial charge on any atom is 0.383 e. The Morgan fingerprint density at radius 1 is 1.26 bits per heavy atom. The predicted octanol–water partition coefficient (Wildman–Crippen LogP) is 2.05. The first-order valence-corrected chi connectivity index (χ1v) is 6.01. The van der Waals surface area contributed by atoms with Crippen molar-refractivity contribution in [3.8, 4) is 0 Å². The molecule has 0 aromatic carbocycles. The molecule has 8 heteroatoms. The van der Waals surface area contributed by atoms with Crippen LogP contribution in [0.3, 0.4) is 0 Å². The van der Waals surface area contributed by atoms with E-state index in [4.69, 9.17) is 0 Å². The standard InChI is InChI=1S/C11H16F4N2O.ClH/c1-17(10(18)11(14,15)9(12)13)8-4-6-2-3-7(5-8)16-6;/h6-9,16H,2-5H2,1H3;1H. The van der Waals surface area contributed by atoms with Crippen molar-refractivity contribution in [3.05, 3.63) is 0 Å². The Bertz CT molecular complexity index is 331. The zero-order chi connectivity index (χ0) is 13.5. The first kappa shape index (κ1) is 16.5. The van der Waals surface area contributed by atoms with Gasteiger partial charge in [0, 0.05) is 25.2 Å². The highest BCUT2D eigenvalue weighted by atomic mass is 35.5. The summed E-state index contributed by atoms with van der Waals surface area (Å²) in [5, 5.41) is 3.30. The van der Waals surface area contributed by atoms with E-state index in [1.165, 1.54) is 7.05 Å². The number of halogens is 5. The summed E-state index contributed by atoms with van der Waals surface area (Å²) in [6.07, 6.45) is -0.940. The summed E-state index contributed by atoms with van der Waals surface area (Å²) in [6.45, 7) is 0. The largest absolute Gasteiger partial charge is 0.383 e. The van der Waals surface area contributed by atoms with E-state index in [0.29, 0.717) is 12.8 Å². The van der Waals surface area contributed by atoms with Gasteiger partial charge in [-0.15, -0.1) is 12.4 Å². The summed E-state index contributed by atoms with van der Waals surface area (Å²) in [7, 11) is 1.19. The smallest absolute Gasteiger partial charge is 0.337 e. The number of carbonyl (C=O) groups is 1. The first-order valence-electron chi connectivity index (χ1n) is 6.01. The average molecular weight is 305 g/mol. The lowest BCUT2D eigenvalue weighted by atomic mass is 9.98. The number of fused-ring (bicyclic) bond motifs is 2. The highest BCUT2D eigenvalue weighted by Crippen LogP contribution is 2.32.